The van der Waals surface area contributed by atoms with Gasteiger partial charge in [-0.05, 0) is 36.7 Å². The summed E-state index contributed by atoms with van der Waals surface area (Å²) >= 11 is 3.63. The standard InChI is InChI=1S/C15H17BrO/c16-14-12-8-4-7-11(9-12)13(15(14)17)10-5-2-1-3-6-10/h1-3,5-6,11-14H,4,7-9H2. The first-order chi connectivity index (χ1) is 8.27. The summed E-state index contributed by atoms with van der Waals surface area (Å²) in [7, 11) is 0. The maximum Gasteiger partial charge on any atom is 0.154 e. The number of alkyl halides is 1. The lowest BCUT2D eigenvalue weighted by Gasteiger charge is -2.42. The van der Waals surface area contributed by atoms with Gasteiger partial charge in [0.15, 0.2) is 5.78 Å². The van der Waals surface area contributed by atoms with Crippen LogP contribution in [0.5, 0.6) is 0 Å². The van der Waals surface area contributed by atoms with E-state index < -0.39 is 0 Å². The van der Waals surface area contributed by atoms with Crippen molar-refractivity contribution in [1.82, 2.24) is 0 Å². The first kappa shape index (κ1) is 11.5. The zero-order valence-corrected chi connectivity index (χ0v) is 11.4. The molecule has 4 atom stereocenters. The fourth-order valence-electron chi connectivity index (χ4n) is 3.57. The smallest absolute Gasteiger partial charge is 0.154 e. The first-order valence-corrected chi connectivity index (χ1v) is 7.41. The molecule has 0 amide bonds. The third-order valence-electron chi connectivity index (χ3n) is 4.38. The van der Waals surface area contributed by atoms with E-state index in [0.717, 1.165) is 0 Å². The van der Waals surface area contributed by atoms with E-state index in [2.05, 4.69) is 28.1 Å². The molecule has 0 radical (unpaired) electrons. The van der Waals surface area contributed by atoms with Crippen LogP contribution in [-0.4, -0.2) is 10.6 Å². The predicted molar refractivity (Wildman–Crippen MR) is 72.4 cm³/mol. The van der Waals surface area contributed by atoms with Gasteiger partial charge in [0.1, 0.15) is 0 Å². The SMILES string of the molecule is O=C1C(Br)C2CCCC(C2)C1c1ccccc1. The summed E-state index contributed by atoms with van der Waals surface area (Å²) in [4.78, 5) is 12.6. The number of hydrogen-bond donors (Lipinski definition) is 0. The number of fused-ring (bicyclic) bond motifs is 2. The maximum atomic E-state index is 12.5. The Balaban J connectivity index is 1.95. The summed E-state index contributed by atoms with van der Waals surface area (Å²) in [6.07, 6.45) is 4.95. The number of carbonyl (C=O) groups is 1. The number of hydrogen-bond acceptors (Lipinski definition) is 1. The molecule has 0 spiro atoms. The number of carbonyl (C=O) groups excluding carboxylic acids is 1. The number of benzene rings is 1. The van der Waals surface area contributed by atoms with Gasteiger partial charge in [-0.15, -0.1) is 0 Å². The third kappa shape index (κ3) is 1.97. The molecule has 0 saturated heterocycles. The highest BCUT2D eigenvalue weighted by Gasteiger charge is 2.44. The highest BCUT2D eigenvalue weighted by Crippen LogP contribution is 2.47. The molecular weight excluding hydrogens is 276 g/mol. The highest BCUT2D eigenvalue weighted by atomic mass is 79.9. The second kappa shape index (κ2) is 4.56. The molecule has 2 saturated carbocycles. The number of ketones is 1. The zero-order valence-electron chi connectivity index (χ0n) is 9.81. The molecule has 4 unspecified atom stereocenters. The zero-order chi connectivity index (χ0) is 11.8. The topological polar surface area (TPSA) is 17.1 Å². The fourth-order valence-corrected chi connectivity index (χ4v) is 4.33. The quantitative estimate of drug-likeness (QED) is 0.717. The average molecular weight is 293 g/mol. The molecule has 2 bridgehead atoms. The Morgan fingerprint density at radius 3 is 2.53 bits per heavy atom. The lowest BCUT2D eigenvalue weighted by molar-refractivity contribution is -0.125. The van der Waals surface area contributed by atoms with Crippen LogP contribution < -0.4 is 0 Å². The van der Waals surface area contributed by atoms with E-state index in [1.165, 1.54) is 31.2 Å². The van der Waals surface area contributed by atoms with Crippen LogP contribution >= 0.6 is 15.9 Å². The molecule has 2 aliphatic carbocycles. The van der Waals surface area contributed by atoms with Gasteiger partial charge in [0.2, 0.25) is 0 Å². The Hall–Kier alpha value is -0.630. The molecule has 90 valence electrons. The van der Waals surface area contributed by atoms with Crippen molar-refractivity contribution in [2.75, 3.05) is 0 Å². The normalized spacial score (nSPS) is 36.9. The summed E-state index contributed by atoms with van der Waals surface area (Å²) < 4.78 is 0. The van der Waals surface area contributed by atoms with E-state index >= 15 is 0 Å². The number of Topliss-reactive ketones (excluding diaryl/α,β-unsaturated/α-hetero) is 1. The second-order valence-corrected chi connectivity index (χ2v) is 6.37. The van der Waals surface area contributed by atoms with Crippen molar-refractivity contribution >= 4 is 21.7 Å². The van der Waals surface area contributed by atoms with Crippen LogP contribution in [0, 0.1) is 11.8 Å². The third-order valence-corrected chi connectivity index (χ3v) is 5.58. The molecule has 1 aromatic carbocycles. The number of rotatable bonds is 1. The molecule has 1 aromatic rings. The molecule has 0 heterocycles. The Kier molecular flexibility index (Phi) is 3.08. The summed E-state index contributed by atoms with van der Waals surface area (Å²) in [6.45, 7) is 0. The lowest BCUT2D eigenvalue weighted by Crippen LogP contribution is -2.42. The van der Waals surface area contributed by atoms with E-state index in [4.69, 9.17) is 0 Å². The van der Waals surface area contributed by atoms with Crippen LogP contribution in [0.15, 0.2) is 30.3 Å². The average Bonchev–Trinajstić information content (AvgIpc) is 2.38. The molecule has 2 fully saturated rings. The Morgan fingerprint density at radius 2 is 1.76 bits per heavy atom. The minimum absolute atomic E-state index is 0.0873. The maximum absolute atomic E-state index is 12.5. The van der Waals surface area contributed by atoms with Gasteiger partial charge in [0.25, 0.3) is 0 Å². The van der Waals surface area contributed by atoms with Gasteiger partial charge in [-0.1, -0.05) is 52.7 Å². The monoisotopic (exact) mass is 292 g/mol. The molecule has 0 N–H and O–H groups in total. The van der Waals surface area contributed by atoms with Crippen molar-refractivity contribution in [2.45, 2.75) is 36.4 Å². The van der Waals surface area contributed by atoms with Gasteiger partial charge in [-0.3, -0.25) is 4.79 Å². The van der Waals surface area contributed by atoms with Crippen LogP contribution in [0.25, 0.3) is 0 Å². The molecule has 1 nitrogen and oxygen atoms in total. The summed E-state index contributed by atoms with van der Waals surface area (Å²) in [6, 6.07) is 10.3. The van der Waals surface area contributed by atoms with E-state index in [1.807, 2.05) is 18.2 Å². The Labute approximate surface area is 111 Å². The van der Waals surface area contributed by atoms with E-state index in [1.54, 1.807) is 0 Å². The van der Waals surface area contributed by atoms with Crippen molar-refractivity contribution in [2.24, 2.45) is 11.8 Å². The predicted octanol–water partition coefficient (Wildman–Crippen LogP) is 3.92. The summed E-state index contributed by atoms with van der Waals surface area (Å²) in [5, 5.41) is 0. The van der Waals surface area contributed by atoms with Crippen molar-refractivity contribution in [3.8, 4) is 0 Å². The van der Waals surface area contributed by atoms with Gasteiger partial charge in [0.05, 0.1) is 4.83 Å². The minimum atomic E-state index is 0.0873. The lowest BCUT2D eigenvalue weighted by atomic mass is 9.64. The number of halogens is 1. The van der Waals surface area contributed by atoms with Gasteiger partial charge in [-0.2, -0.15) is 0 Å². The van der Waals surface area contributed by atoms with E-state index in [9.17, 15) is 4.79 Å². The van der Waals surface area contributed by atoms with Crippen LogP contribution in [0.3, 0.4) is 0 Å². The molecule has 3 rings (SSSR count). The van der Waals surface area contributed by atoms with Gasteiger partial charge in [0, 0.05) is 5.92 Å². The van der Waals surface area contributed by atoms with Crippen LogP contribution in [0.4, 0.5) is 0 Å². The molecule has 2 aliphatic rings. The van der Waals surface area contributed by atoms with Gasteiger partial charge < -0.3 is 0 Å². The Bertz CT molecular complexity index is 414. The van der Waals surface area contributed by atoms with Gasteiger partial charge >= 0.3 is 0 Å². The molecule has 2 heteroatoms. The van der Waals surface area contributed by atoms with Crippen LogP contribution in [-0.2, 0) is 4.79 Å². The first-order valence-electron chi connectivity index (χ1n) is 6.50. The largest absolute Gasteiger partial charge is 0.298 e. The van der Waals surface area contributed by atoms with E-state index in [-0.39, 0.29) is 10.7 Å². The molecular formula is C15H17BrO. The molecule has 0 aliphatic heterocycles. The van der Waals surface area contributed by atoms with Crippen molar-refractivity contribution in [1.29, 1.82) is 0 Å². The summed E-state index contributed by atoms with van der Waals surface area (Å²) in [5.74, 6) is 1.72. The Morgan fingerprint density at radius 1 is 1.06 bits per heavy atom. The van der Waals surface area contributed by atoms with Gasteiger partial charge in [-0.25, -0.2) is 0 Å². The van der Waals surface area contributed by atoms with Crippen LogP contribution in [0.1, 0.15) is 37.2 Å². The highest BCUT2D eigenvalue weighted by molar-refractivity contribution is 9.10. The summed E-state index contributed by atoms with van der Waals surface area (Å²) in [5.41, 5.74) is 1.22. The van der Waals surface area contributed by atoms with Crippen molar-refractivity contribution in [3.05, 3.63) is 35.9 Å². The fraction of sp³-hybridized carbons (Fsp3) is 0.533. The molecule has 0 aromatic heterocycles. The second-order valence-electron chi connectivity index (χ2n) is 5.38. The van der Waals surface area contributed by atoms with Crippen LogP contribution in [0.2, 0.25) is 0 Å². The van der Waals surface area contributed by atoms with Crippen molar-refractivity contribution in [3.63, 3.8) is 0 Å². The minimum Gasteiger partial charge on any atom is -0.298 e. The van der Waals surface area contributed by atoms with E-state index in [0.29, 0.717) is 17.6 Å². The molecule has 17 heavy (non-hydrogen) atoms. The van der Waals surface area contributed by atoms with Crippen molar-refractivity contribution < 1.29 is 4.79 Å².